The van der Waals surface area contributed by atoms with Gasteiger partial charge >= 0.3 is 10.4 Å². The van der Waals surface area contributed by atoms with Crippen molar-refractivity contribution in [1.82, 2.24) is 5.32 Å². The van der Waals surface area contributed by atoms with Crippen molar-refractivity contribution in [2.24, 2.45) is 0 Å². The largest absolute Gasteiger partial charge is 0.397 e. The summed E-state index contributed by atoms with van der Waals surface area (Å²) in [6.45, 7) is 6.12. The number of rotatable bonds is 22. The van der Waals surface area contributed by atoms with E-state index in [1.807, 2.05) is 0 Å². The average molecular weight is 484 g/mol. The topological polar surface area (TPSA) is 116 Å². The molecule has 196 valence electrons. The van der Waals surface area contributed by atoms with Gasteiger partial charge in [-0.15, -0.1) is 0 Å². The Hall–Kier alpha value is -0.250. The van der Waals surface area contributed by atoms with Crippen LogP contribution in [0.15, 0.2) is 0 Å². The van der Waals surface area contributed by atoms with Gasteiger partial charge in [0, 0.05) is 12.6 Å². The molecule has 0 saturated heterocycles. The van der Waals surface area contributed by atoms with Crippen molar-refractivity contribution in [3.05, 3.63) is 0 Å². The molecular weight excluding hydrogens is 430 g/mol. The van der Waals surface area contributed by atoms with Crippen molar-refractivity contribution in [2.75, 3.05) is 13.2 Å². The van der Waals surface area contributed by atoms with Crippen molar-refractivity contribution in [1.29, 1.82) is 0 Å². The SMILES string of the molecule is CCCCCCCCCCCCCCCCCCC(C)NCC(O)O.CCOS(=O)(=O)O. The maximum atomic E-state index is 9.56. The fraction of sp³-hybridized carbons (Fsp3) is 1.00. The third-order valence-electron chi connectivity index (χ3n) is 5.41. The fourth-order valence-electron chi connectivity index (χ4n) is 3.56. The minimum absolute atomic E-state index is 0.0289. The summed E-state index contributed by atoms with van der Waals surface area (Å²) in [6, 6.07) is 0.383. The van der Waals surface area contributed by atoms with Gasteiger partial charge in [-0.05, 0) is 20.3 Å². The Balaban J connectivity index is 0. The summed E-state index contributed by atoms with van der Waals surface area (Å²) < 4.78 is 30.7. The zero-order valence-electron chi connectivity index (χ0n) is 21.1. The van der Waals surface area contributed by atoms with Gasteiger partial charge in [0.05, 0.1) is 6.61 Å². The molecule has 7 nitrogen and oxygen atoms in total. The second-order valence-electron chi connectivity index (χ2n) is 8.72. The van der Waals surface area contributed by atoms with Gasteiger partial charge in [0.2, 0.25) is 0 Å². The molecule has 0 rings (SSSR count). The number of nitrogens with one attached hydrogen (secondary N) is 1. The molecule has 0 aliphatic carbocycles. The molecular formula is C24H53NO6S. The number of hydrogen-bond acceptors (Lipinski definition) is 6. The number of aliphatic hydroxyl groups is 2. The van der Waals surface area contributed by atoms with Crippen LogP contribution in [-0.4, -0.2) is 48.7 Å². The molecule has 1 unspecified atom stereocenters. The standard InChI is InChI=1S/C22H47NO2.C2H6O4S/c1-3-4-5-6-7-8-9-10-11-12-13-14-15-16-17-18-19-21(2)23-20-22(24)25;1-2-6-7(3,4)5/h21-25H,3-20H2,1-2H3;2H2,1H3,(H,3,4,5). The van der Waals surface area contributed by atoms with E-state index in [1.165, 1.54) is 110 Å². The lowest BCUT2D eigenvalue weighted by atomic mass is 10.0. The van der Waals surface area contributed by atoms with Crippen molar-refractivity contribution in [3.63, 3.8) is 0 Å². The molecule has 0 fully saturated rings. The molecule has 0 aliphatic rings. The Labute approximate surface area is 198 Å². The van der Waals surface area contributed by atoms with E-state index >= 15 is 0 Å². The molecule has 0 bridgehead atoms. The van der Waals surface area contributed by atoms with E-state index in [4.69, 9.17) is 14.8 Å². The van der Waals surface area contributed by atoms with Crippen LogP contribution < -0.4 is 5.32 Å². The molecule has 0 heterocycles. The summed E-state index contributed by atoms with van der Waals surface area (Å²) in [6.07, 6.45) is 22.4. The van der Waals surface area contributed by atoms with Gasteiger partial charge in [0.1, 0.15) is 0 Å². The highest BCUT2D eigenvalue weighted by Gasteiger charge is 2.03. The summed E-state index contributed by atoms with van der Waals surface area (Å²) in [7, 11) is -4.17. The van der Waals surface area contributed by atoms with Gasteiger partial charge in [-0.1, -0.05) is 110 Å². The van der Waals surface area contributed by atoms with Crippen LogP contribution >= 0.6 is 0 Å². The summed E-state index contributed by atoms with van der Waals surface area (Å²) in [5, 5.41) is 20.7. The molecule has 8 heteroatoms. The predicted molar refractivity (Wildman–Crippen MR) is 133 cm³/mol. The zero-order chi connectivity index (χ0) is 24.5. The van der Waals surface area contributed by atoms with Gasteiger partial charge in [0.15, 0.2) is 6.29 Å². The molecule has 0 aliphatic heterocycles. The van der Waals surface area contributed by atoms with Crippen molar-refractivity contribution in [3.8, 4) is 0 Å². The fourth-order valence-corrected chi connectivity index (χ4v) is 3.85. The van der Waals surface area contributed by atoms with E-state index < -0.39 is 16.7 Å². The Morgan fingerprint density at radius 2 is 1.09 bits per heavy atom. The summed E-state index contributed by atoms with van der Waals surface area (Å²) >= 11 is 0. The molecule has 0 aromatic carbocycles. The van der Waals surface area contributed by atoms with E-state index in [9.17, 15) is 8.42 Å². The quantitative estimate of drug-likeness (QED) is 0.0879. The van der Waals surface area contributed by atoms with Gasteiger partial charge < -0.3 is 15.5 Å². The lowest BCUT2D eigenvalue weighted by Crippen LogP contribution is -2.33. The third-order valence-corrected chi connectivity index (χ3v) is 5.94. The molecule has 4 N–H and O–H groups in total. The van der Waals surface area contributed by atoms with E-state index in [0.717, 1.165) is 6.42 Å². The van der Waals surface area contributed by atoms with Gasteiger partial charge in [-0.2, -0.15) is 8.42 Å². The van der Waals surface area contributed by atoms with Crippen LogP contribution in [0.3, 0.4) is 0 Å². The molecule has 0 aromatic rings. The smallest absolute Gasteiger partial charge is 0.367 e. The molecule has 0 saturated carbocycles. The van der Waals surface area contributed by atoms with E-state index in [2.05, 4.69) is 23.3 Å². The Morgan fingerprint density at radius 3 is 1.38 bits per heavy atom. The number of hydrogen-bond donors (Lipinski definition) is 4. The lowest BCUT2D eigenvalue weighted by Gasteiger charge is -2.14. The first kappa shape index (κ1) is 33.9. The maximum absolute atomic E-state index is 9.56. The summed E-state index contributed by atoms with van der Waals surface area (Å²) in [5.41, 5.74) is 0. The first-order valence-electron chi connectivity index (χ1n) is 12.9. The molecule has 0 spiro atoms. The van der Waals surface area contributed by atoms with Crippen LogP contribution in [-0.2, 0) is 14.6 Å². The van der Waals surface area contributed by atoms with Crippen LogP contribution in [0.5, 0.6) is 0 Å². The second kappa shape index (κ2) is 25.4. The molecule has 0 radical (unpaired) electrons. The number of aliphatic hydroxyl groups excluding tert-OH is 1. The van der Waals surface area contributed by atoms with E-state index in [1.54, 1.807) is 0 Å². The first-order valence-corrected chi connectivity index (χ1v) is 14.3. The Kier molecular flexibility index (Phi) is 26.9. The zero-order valence-corrected chi connectivity index (χ0v) is 21.9. The minimum atomic E-state index is -4.17. The first-order chi connectivity index (χ1) is 15.2. The minimum Gasteiger partial charge on any atom is -0.367 e. The molecule has 32 heavy (non-hydrogen) atoms. The monoisotopic (exact) mass is 483 g/mol. The van der Waals surface area contributed by atoms with Crippen LogP contribution in [0.25, 0.3) is 0 Å². The van der Waals surface area contributed by atoms with Crippen molar-refractivity contribution in [2.45, 2.75) is 142 Å². The van der Waals surface area contributed by atoms with Crippen molar-refractivity contribution >= 4 is 10.4 Å². The van der Waals surface area contributed by atoms with Crippen LogP contribution in [0, 0.1) is 0 Å². The summed E-state index contributed by atoms with van der Waals surface area (Å²) in [4.78, 5) is 0. The van der Waals surface area contributed by atoms with Crippen LogP contribution in [0.2, 0.25) is 0 Å². The van der Waals surface area contributed by atoms with Crippen LogP contribution in [0.4, 0.5) is 0 Å². The van der Waals surface area contributed by atoms with E-state index in [0.29, 0.717) is 6.04 Å². The van der Waals surface area contributed by atoms with Gasteiger partial charge in [0.25, 0.3) is 0 Å². The highest BCUT2D eigenvalue weighted by atomic mass is 32.3. The molecule has 1 atom stereocenters. The van der Waals surface area contributed by atoms with Crippen molar-refractivity contribution < 1.29 is 27.4 Å². The molecule has 0 amide bonds. The van der Waals surface area contributed by atoms with Gasteiger partial charge in [-0.25, -0.2) is 4.18 Å². The third kappa shape index (κ3) is 34.4. The van der Waals surface area contributed by atoms with E-state index in [-0.39, 0.29) is 13.2 Å². The van der Waals surface area contributed by atoms with Crippen LogP contribution in [0.1, 0.15) is 130 Å². The Bertz CT molecular complexity index is 459. The average Bonchev–Trinajstić information content (AvgIpc) is 2.71. The van der Waals surface area contributed by atoms with Gasteiger partial charge in [-0.3, -0.25) is 4.55 Å². The Morgan fingerprint density at radius 1 is 0.719 bits per heavy atom. The lowest BCUT2D eigenvalue weighted by molar-refractivity contribution is -0.0387. The normalized spacial score (nSPS) is 12.6. The number of unbranched alkanes of at least 4 members (excludes halogenated alkanes) is 15. The molecule has 0 aromatic heterocycles. The second-order valence-corrected chi connectivity index (χ2v) is 9.81. The highest BCUT2D eigenvalue weighted by molar-refractivity contribution is 7.80. The summed E-state index contributed by atoms with van der Waals surface area (Å²) in [5.74, 6) is 0. The highest BCUT2D eigenvalue weighted by Crippen LogP contribution is 2.14. The predicted octanol–water partition coefficient (Wildman–Crippen LogP) is 5.75. The maximum Gasteiger partial charge on any atom is 0.397 e.